The van der Waals surface area contributed by atoms with Crippen molar-refractivity contribution in [2.45, 2.75) is 6.54 Å². The highest BCUT2D eigenvalue weighted by Crippen LogP contribution is 2.18. The smallest absolute Gasteiger partial charge is 0.125 e. The molecule has 0 bridgehead atoms. The lowest BCUT2D eigenvalue weighted by Crippen LogP contribution is -1.97. The molecule has 1 aromatic carbocycles. The molecule has 0 radical (unpaired) electrons. The molecule has 0 saturated carbocycles. The number of H-pyrrole nitrogens is 1. The van der Waals surface area contributed by atoms with Crippen LogP contribution in [0.2, 0.25) is 0 Å². The molecule has 1 heterocycles. The summed E-state index contributed by atoms with van der Waals surface area (Å²) in [7, 11) is 0. The van der Waals surface area contributed by atoms with Gasteiger partial charge in [0.25, 0.3) is 0 Å². The van der Waals surface area contributed by atoms with Gasteiger partial charge in [-0.05, 0) is 23.8 Å². The molecule has 2 aromatic rings. The van der Waals surface area contributed by atoms with Crippen molar-refractivity contribution in [3.05, 3.63) is 35.8 Å². The van der Waals surface area contributed by atoms with E-state index < -0.39 is 0 Å². The van der Waals surface area contributed by atoms with Crippen LogP contribution in [0.1, 0.15) is 5.56 Å². The summed E-state index contributed by atoms with van der Waals surface area (Å²) >= 11 is 0. The van der Waals surface area contributed by atoms with Crippen LogP contribution in [0.5, 0.6) is 0 Å². The first-order valence-electron chi connectivity index (χ1n) is 3.77. The van der Waals surface area contributed by atoms with E-state index in [0.29, 0.717) is 6.54 Å². The van der Waals surface area contributed by atoms with Gasteiger partial charge in [0, 0.05) is 23.6 Å². The quantitative estimate of drug-likeness (QED) is 0.662. The second-order valence-electron chi connectivity index (χ2n) is 2.71. The van der Waals surface area contributed by atoms with Crippen molar-refractivity contribution in [1.82, 2.24) is 4.98 Å². The number of benzene rings is 1. The summed E-state index contributed by atoms with van der Waals surface area (Å²) < 4.78 is 12.9. The molecule has 0 unspecified atom stereocenters. The van der Waals surface area contributed by atoms with E-state index in [9.17, 15) is 4.39 Å². The second kappa shape index (κ2) is 2.60. The standard InChI is InChI=1S/C9H9FN2/c10-7-3-6(5-11)8-1-2-12-9(8)4-7/h1-4,12H,5,11H2. The van der Waals surface area contributed by atoms with Crippen LogP contribution in [0.25, 0.3) is 10.9 Å². The van der Waals surface area contributed by atoms with Crippen LogP contribution in [-0.4, -0.2) is 4.98 Å². The maximum absolute atomic E-state index is 12.9. The van der Waals surface area contributed by atoms with Crippen LogP contribution >= 0.6 is 0 Å². The molecule has 0 atom stereocenters. The van der Waals surface area contributed by atoms with Crippen LogP contribution in [0, 0.1) is 5.82 Å². The minimum Gasteiger partial charge on any atom is -0.361 e. The molecule has 2 rings (SSSR count). The Morgan fingerprint density at radius 2 is 2.25 bits per heavy atom. The van der Waals surface area contributed by atoms with Crippen LogP contribution in [0.3, 0.4) is 0 Å². The topological polar surface area (TPSA) is 41.8 Å². The van der Waals surface area contributed by atoms with Crippen molar-refractivity contribution in [2.75, 3.05) is 0 Å². The molecule has 3 heteroatoms. The summed E-state index contributed by atoms with van der Waals surface area (Å²) in [6.45, 7) is 0.367. The van der Waals surface area contributed by atoms with Gasteiger partial charge in [-0.3, -0.25) is 0 Å². The predicted molar refractivity (Wildman–Crippen MR) is 46.1 cm³/mol. The van der Waals surface area contributed by atoms with Crippen molar-refractivity contribution in [1.29, 1.82) is 0 Å². The molecule has 0 aliphatic carbocycles. The summed E-state index contributed by atoms with van der Waals surface area (Å²) in [5, 5.41) is 0.999. The van der Waals surface area contributed by atoms with E-state index in [2.05, 4.69) is 4.98 Å². The number of halogens is 1. The number of fused-ring (bicyclic) bond motifs is 1. The lowest BCUT2D eigenvalue weighted by atomic mass is 10.1. The minimum atomic E-state index is -0.245. The van der Waals surface area contributed by atoms with Gasteiger partial charge in [0.15, 0.2) is 0 Å². The zero-order valence-electron chi connectivity index (χ0n) is 6.47. The number of aromatic amines is 1. The van der Waals surface area contributed by atoms with Gasteiger partial charge < -0.3 is 10.7 Å². The van der Waals surface area contributed by atoms with Crippen molar-refractivity contribution in [2.24, 2.45) is 5.73 Å². The van der Waals surface area contributed by atoms with Crippen molar-refractivity contribution in [3.8, 4) is 0 Å². The predicted octanol–water partition coefficient (Wildman–Crippen LogP) is 1.77. The maximum atomic E-state index is 12.9. The van der Waals surface area contributed by atoms with Gasteiger partial charge in [0.2, 0.25) is 0 Å². The fourth-order valence-corrected chi connectivity index (χ4v) is 1.37. The highest BCUT2D eigenvalue weighted by molar-refractivity contribution is 5.82. The Kier molecular flexibility index (Phi) is 1.59. The van der Waals surface area contributed by atoms with Crippen molar-refractivity contribution in [3.63, 3.8) is 0 Å². The lowest BCUT2D eigenvalue weighted by molar-refractivity contribution is 0.627. The van der Waals surface area contributed by atoms with Crippen LogP contribution in [0.15, 0.2) is 24.4 Å². The number of aromatic nitrogens is 1. The third-order valence-electron chi connectivity index (χ3n) is 1.94. The molecule has 0 aliphatic rings. The molecule has 2 nitrogen and oxygen atoms in total. The van der Waals surface area contributed by atoms with E-state index in [1.807, 2.05) is 6.07 Å². The molecule has 1 aromatic heterocycles. The number of rotatable bonds is 1. The molecule has 0 saturated heterocycles. The molecule has 0 spiro atoms. The summed E-state index contributed by atoms with van der Waals surface area (Å²) in [5.41, 5.74) is 7.10. The van der Waals surface area contributed by atoms with E-state index in [-0.39, 0.29) is 5.82 Å². The fourth-order valence-electron chi connectivity index (χ4n) is 1.37. The van der Waals surface area contributed by atoms with Gasteiger partial charge in [0.1, 0.15) is 5.82 Å². The van der Waals surface area contributed by atoms with Crippen molar-refractivity contribution < 1.29 is 4.39 Å². The first kappa shape index (κ1) is 7.31. The Morgan fingerprint density at radius 3 is 3.00 bits per heavy atom. The average molecular weight is 164 g/mol. The Labute approximate surface area is 69.2 Å². The van der Waals surface area contributed by atoms with Gasteiger partial charge >= 0.3 is 0 Å². The second-order valence-corrected chi connectivity index (χ2v) is 2.71. The first-order valence-corrected chi connectivity index (χ1v) is 3.77. The van der Waals surface area contributed by atoms with Crippen LogP contribution in [-0.2, 0) is 6.54 Å². The summed E-state index contributed by atoms with van der Waals surface area (Å²) in [6, 6.07) is 4.83. The SMILES string of the molecule is NCc1cc(F)cc2[nH]ccc12. The van der Waals surface area contributed by atoms with E-state index in [0.717, 1.165) is 16.5 Å². The number of hydrogen-bond acceptors (Lipinski definition) is 1. The third kappa shape index (κ3) is 0.987. The summed E-state index contributed by atoms with van der Waals surface area (Å²) in [5.74, 6) is -0.245. The van der Waals surface area contributed by atoms with Crippen molar-refractivity contribution >= 4 is 10.9 Å². The maximum Gasteiger partial charge on any atom is 0.125 e. The van der Waals surface area contributed by atoms with Gasteiger partial charge in [-0.15, -0.1) is 0 Å². The molecular weight excluding hydrogens is 155 g/mol. The summed E-state index contributed by atoms with van der Waals surface area (Å²) in [4.78, 5) is 2.94. The zero-order valence-corrected chi connectivity index (χ0v) is 6.47. The highest BCUT2D eigenvalue weighted by atomic mass is 19.1. The number of nitrogens with two attached hydrogens (primary N) is 1. The monoisotopic (exact) mass is 164 g/mol. The third-order valence-corrected chi connectivity index (χ3v) is 1.94. The normalized spacial score (nSPS) is 10.8. The fraction of sp³-hybridized carbons (Fsp3) is 0.111. The molecule has 12 heavy (non-hydrogen) atoms. The zero-order chi connectivity index (χ0) is 8.55. The van der Waals surface area contributed by atoms with Gasteiger partial charge in [-0.2, -0.15) is 0 Å². The Morgan fingerprint density at radius 1 is 1.42 bits per heavy atom. The molecule has 0 fully saturated rings. The van der Waals surface area contributed by atoms with Gasteiger partial charge in [-0.1, -0.05) is 0 Å². The largest absolute Gasteiger partial charge is 0.361 e. The molecule has 0 amide bonds. The van der Waals surface area contributed by atoms with E-state index >= 15 is 0 Å². The number of nitrogens with one attached hydrogen (secondary N) is 1. The molecule has 62 valence electrons. The lowest BCUT2D eigenvalue weighted by Gasteiger charge is -1.99. The van der Waals surface area contributed by atoms with Gasteiger partial charge in [-0.25, -0.2) is 4.39 Å². The van der Waals surface area contributed by atoms with E-state index in [4.69, 9.17) is 5.73 Å². The Bertz CT molecular complexity index is 406. The Hall–Kier alpha value is -1.35. The van der Waals surface area contributed by atoms with Crippen LogP contribution in [0.4, 0.5) is 4.39 Å². The van der Waals surface area contributed by atoms with Crippen LogP contribution < -0.4 is 5.73 Å². The minimum absolute atomic E-state index is 0.245. The van der Waals surface area contributed by atoms with E-state index in [1.54, 1.807) is 6.20 Å². The molecule has 3 N–H and O–H groups in total. The molecule has 0 aliphatic heterocycles. The Balaban J connectivity index is 2.80. The van der Waals surface area contributed by atoms with E-state index in [1.165, 1.54) is 12.1 Å². The summed E-state index contributed by atoms with van der Waals surface area (Å²) in [6.07, 6.45) is 1.78. The average Bonchev–Trinajstić information content (AvgIpc) is 2.50. The highest BCUT2D eigenvalue weighted by Gasteiger charge is 2.02. The molecular formula is C9H9FN2. The van der Waals surface area contributed by atoms with Gasteiger partial charge in [0.05, 0.1) is 0 Å². The first-order chi connectivity index (χ1) is 5.81. The number of hydrogen-bond donors (Lipinski definition) is 2.